The highest BCUT2D eigenvalue weighted by Crippen LogP contribution is 2.64. The number of hydrogen-bond donors (Lipinski definition) is 3. The Balaban J connectivity index is 1.66. The summed E-state index contributed by atoms with van der Waals surface area (Å²) in [5.74, 6) is -1.96. The van der Waals surface area contributed by atoms with Crippen LogP contribution in [0.2, 0.25) is 5.02 Å². The van der Waals surface area contributed by atoms with Crippen LogP contribution >= 0.6 is 11.6 Å². The van der Waals surface area contributed by atoms with Crippen LogP contribution in [0, 0.1) is 28.5 Å². The van der Waals surface area contributed by atoms with Crippen LogP contribution in [0.25, 0.3) is 0 Å². The molecule has 3 saturated carbocycles. The van der Waals surface area contributed by atoms with Crippen molar-refractivity contribution in [2.45, 2.75) is 75.7 Å². The molecular formula is C23H26ClF2N3O3. The van der Waals surface area contributed by atoms with E-state index in [9.17, 15) is 20.0 Å². The first-order valence-corrected chi connectivity index (χ1v) is 11.3. The molecule has 3 fully saturated rings. The van der Waals surface area contributed by atoms with E-state index in [0.29, 0.717) is 25.7 Å². The van der Waals surface area contributed by atoms with Crippen LogP contribution in [0.4, 0.5) is 8.78 Å². The smallest absolute Gasteiger partial charge is 0.223 e. The van der Waals surface area contributed by atoms with E-state index in [2.05, 4.69) is 10.6 Å². The molecule has 0 aliphatic heterocycles. The number of hydrogen-bond acceptors (Lipinski definition) is 4. The van der Waals surface area contributed by atoms with Gasteiger partial charge in [-0.3, -0.25) is 9.59 Å². The Kier molecular flexibility index (Phi) is 5.93. The number of nitrogens with one attached hydrogen (secondary N) is 2. The monoisotopic (exact) mass is 465 g/mol. The van der Waals surface area contributed by atoms with Gasteiger partial charge in [0.25, 0.3) is 0 Å². The van der Waals surface area contributed by atoms with Crippen LogP contribution in [0.15, 0.2) is 12.1 Å². The standard InChI is InChI=1S/C23H26ClF2N3O3/c1-12(30)28-16-8-14(9-17(16)31)21(32)29-20(22-4-6-23(26,11-22)7-5-22)18-15(25)3-2-13(10-27)19(18)24/h2-3,14,16-17,20,31H,4-9,11H2,1H3,(H,28,30)(H,29,32)/t14-,16-,17+,20+,22?,23?/m0/s1. The summed E-state index contributed by atoms with van der Waals surface area (Å²) in [5, 5.41) is 25.1. The molecule has 3 aliphatic rings. The lowest BCUT2D eigenvalue weighted by molar-refractivity contribution is -0.127. The first-order chi connectivity index (χ1) is 15.1. The third-order valence-corrected chi connectivity index (χ3v) is 7.94. The highest BCUT2D eigenvalue weighted by Gasteiger charge is 2.59. The number of carbonyl (C=O) groups is 2. The van der Waals surface area contributed by atoms with Crippen molar-refractivity contribution in [2.75, 3.05) is 0 Å². The fourth-order valence-electron chi connectivity index (χ4n) is 5.93. The van der Waals surface area contributed by atoms with Crippen molar-refractivity contribution in [2.24, 2.45) is 11.3 Å². The summed E-state index contributed by atoms with van der Waals surface area (Å²) in [4.78, 5) is 24.6. The second-order valence-electron chi connectivity index (χ2n) is 9.61. The summed E-state index contributed by atoms with van der Waals surface area (Å²) < 4.78 is 30.1. The number of aliphatic hydroxyl groups is 1. The minimum atomic E-state index is -1.33. The lowest BCUT2D eigenvalue weighted by atomic mass is 9.73. The first kappa shape index (κ1) is 22.9. The van der Waals surface area contributed by atoms with Crippen molar-refractivity contribution >= 4 is 23.4 Å². The van der Waals surface area contributed by atoms with Gasteiger partial charge in [-0.2, -0.15) is 5.26 Å². The number of benzene rings is 1. The maximum Gasteiger partial charge on any atom is 0.223 e. The molecule has 4 atom stereocenters. The SMILES string of the molecule is CC(=O)N[C@H]1C[C@H](C(=O)N[C@H](c2c(F)ccc(C#N)c2Cl)C23CCC(F)(CC2)C3)C[C@H]1O. The van der Waals surface area contributed by atoms with E-state index >= 15 is 8.78 Å². The Labute approximate surface area is 190 Å². The van der Waals surface area contributed by atoms with Crippen LogP contribution in [-0.2, 0) is 9.59 Å². The summed E-state index contributed by atoms with van der Waals surface area (Å²) in [6.07, 6.45) is 1.34. The minimum absolute atomic E-state index is 0.0159. The molecule has 0 saturated heterocycles. The van der Waals surface area contributed by atoms with E-state index < -0.39 is 46.9 Å². The fraction of sp³-hybridized carbons (Fsp3) is 0.609. The van der Waals surface area contributed by atoms with Crippen LogP contribution in [0.1, 0.15) is 69.0 Å². The van der Waals surface area contributed by atoms with Gasteiger partial charge in [-0.1, -0.05) is 11.6 Å². The third-order valence-electron chi connectivity index (χ3n) is 7.53. The number of nitrogens with zero attached hydrogens (tertiary/aromatic N) is 1. The summed E-state index contributed by atoms with van der Waals surface area (Å²) in [7, 11) is 0. The Morgan fingerprint density at radius 1 is 1.28 bits per heavy atom. The number of nitriles is 1. The van der Waals surface area contributed by atoms with Gasteiger partial charge in [-0.25, -0.2) is 8.78 Å². The van der Waals surface area contributed by atoms with Crippen LogP contribution in [0.3, 0.4) is 0 Å². The van der Waals surface area contributed by atoms with Gasteiger partial charge in [-0.15, -0.1) is 0 Å². The number of aliphatic hydroxyl groups excluding tert-OH is 1. The predicted molar refractivity (Wildman–Crippen MR) is 113 cm³/mol. The van der Waals surface area contributed by atoms with Crippen molar-refractivity contribution in [1.29, 1.82) is 5.26 Å². The Bertz CT molecular complexity index is 987. The molecule has 1 aromatic rings. The van der Waals surface area contributed by atoms with Gasteiger partial charge < -0.3 is 15.7 Å². The molecule has 0 unspecified atom stereocenters. The largest absolute Gasteiger partial charge is 0.391 e. The predicted octanol–water partition coefficient (Wildman–Crippen LogP) is 3.46. The van der Waals surface area contributed by atoms with E-state index in [1.165, 1.54) is 13.0 Å². The van der Waals surface area contributed by atoms with Gasteiger partial charge in [-0.05, 0) is 62.5 Å². The van der Waals surface area contributed by atoms with E-state index in [1.807, 2.05) is 6.07 Å². The molecule has 9 heteroatoms. The molecule has 6 nitrogen and oxygen atoms in total. The molecule has 0 heterocycles. The van der Waals surface area contributed by atoms with Gasteiger partial charge in [0.05, 0.1) is 28.8 Å². The van der Waals surface area contributed by atoms with E-state index in [0.717, 1.165) is 6.07 Å². The van der Waals surface area contributed by atoms with Gasteiger partial charge >= 0.3 is 0 Å². The van der Waals surface area contributed by atoms with Crippen molar-refractivity contribution in [1.82, 2.24) is 10.6 Å². The summed E-state index contributed by atoms with van der Waals surface area (Å²) in [6.45, 7) is 1.34. The zero-order valence-electron chi connectivity index (χ0n) is 17.8. The third kappa shape index (κ3) is 3.97. The van der Waals surface area contributed by atoms with Gasteiger partial charge in [0.15, 0.2) is 0 Å². The van der Waals surface area contributed by atoms with Crippen molar-refractivity contribution in [3.8, 4) is 6.07 Å². The van der Waals surface area contributed by atoms with Crippen molar-refractivity contribution < 1.29 is 23.5 Å². The Morgan fingerprint density at radius 2 is 1.97 bits per heavy atom. The first-order valence-electron chi connectivity index (χ1n) is 10.9. The molecule has 2 amide bonds. The normalized spacial score (nSPS) is 34.2. The van der Waals surface area contributed by atoms with Gasteiger partial charge in [0, 0.05) is 18.4 Å². The molecule has 3 N–H and O–H groups in total. The second kappa shape index (κ2) is 8.27. The number of alkyl halides is 1. The van der Waals surface area contributed by atoms with Crippen molar-refractivity contribution in [3.63, 3.8) is 0 Å². The molecule has 0 radical (unpaired) electrons. The minimum Gasteiger partial charge on any atom is -0.391 e. The average Bonchev–Trinajstić information content (AvgIpc) is 3.38. The molecule has 32 heavy (non-hydrogen) atoms. The Morgan fingerprint density at radius 3 is 2.53 bits per heavy atom. The average molecular weight is 466 g/mol. The highest BCUT2D eigenvalue weighted by atomic mass is 35.5. The van der Waals surface area contributed by atoms with Crippen LogP contribution < -0.4 is 10.6 Å². The molecule has 2 bridgehead atoms. The number of amides is 2. The second-order valence-corrected chi connectivity index (χ2v) is 9.99. The molecule has 0 aromatic heterocycles. The van der Waals surface area contributed by atoms with Crippen LogP contribution in [-0.4, -0.2) is 34.7 Å². The number of fused-ring (bicyclic) bond motifs is 2. The summed E-state index contributed by atoms with van der Waals surface area (Å²) in [6, 6.07) is 2.93. The zero-order chi connectivity index (χ0) is 23.3. The number of carbonyl (C=O) groups excluding carboxylic acids is 2. The fourth-order valence-corrected chi connectivity index (χ4v) is 6.23. The summed E-state index contributed by atoms with van der Waals surface area (Å²) >= 11 is 6.41. The quantitative estimate of drug-likeness (QED) is 0.619. The zero-order valence-corrected chi connectivity index (χ0v) is 18.5. The molecule has 4 rings (SSSR count). The van der Waals surface area contributed by atoms with E-state index in [1.54, 1.807) is 0 Å². The topological polar surface area (TPSA) is 102 Å². The maximum atomic E-state index is 15.1. The lowest BCUT2D eigenvalue weighted by Crippen LogP contribution is -2.42. The highest BCUT2D eigenvalue weighted by molar-refractivity contribution is 6.32. The van der Waals surface area contributed by atoms with E-state index in [-0.39, 0.29) is 41.3 Å². The lowest BCUT2D eigenvalue weighted by Gasteiger charge is -2.38. The molecule has 0 spiro atoms. The maximum absolute atomic E-state index is 15.1. The van der Waals surface area contributed by atoms with Crippen molar-refractivity contribution in [3.05, 3.63) is 34.1 Å². The van der Waals surface area contributed by atoms with E-state index in [4.69, 9.17) is 11.6 Å². The number of rotatable bonds is 5. The molecule has 3 aliphatic carbocycles. The number of halogens is 3. The van der Waals surface area contributed by atoms with Crippen LogP contribution in [0.5, 0.6) is 0 Å². The molecular weight excluding hydrogens is 440 g/mol. The molecule has 1 aromatic carbocycles. The molecule has 172 valence electrons. The van der Waals surface area contributed by atoms with Gasteiger partial charge in [0.1, 0.15) is 17.6 Å². The summed E-state index contributed by atoms with van der Waals surface area (Å²) in [5.41, 5.74) is -1.93. The Hall–Kier alpha value is -2.24. The van der Waals surface area contributed by atoms with Gasteiger partial charge in [0.2, 0.25) is 11.8 Å².